The summed E-state index contributed by atoms with van der Waals surface area (Å²) >= 11 is 0. The average Bonchev–Trinajstić information content (AvgIpc) is 3.13. The average molecular weight is 675 g/mol. The molecular weight excluding hydrogens is 633 g/mol. The van der Waals surface area contributed by atoms with Crippen LogP contribution in [0.1, 0.15) is 36.1 Å². The summed E-state index contributed by atoms with van der Waals surface area (Å²) in [4.78, 5) is 0. The van der Waals surface area contributed by atoms with E-state index in [9.17, 15) is 0 Å². The van der Waals surface area contributed by atoms with Gasteiger partial charge in [0.15, 0.2) is 0 Å². The minimum absolute atomic E-state index is 0.554. The van der Waals surface area contributed by atoms with E-state index in [0.29, 0.717) is 19.0 Å². The molecule has 4 radical (unpaired) electrons. The lowest BCUT2D eigenvalue weighted by atomic mass is 9.88. The van der Waals surface area contributed by atoms with E-state index in [1.807, 2.05) is 60.7 Å². The molecule has 0 saturated heterocycles. The molecule has 0 aliphatic carbocycles. The standard InChI is InChI=1S/C44H42O3Si2/c1-33-39(27-17-29-41(33)45-35-19-9-5-10-20-35)43(3,31-48-37-23-13-7-14-24-37)47-44(4,32-49-38-25-15-8-16-26-38)40-28-18-30-42(34(40)2)46-36-21-11-6-12-22-36/h5-30H,31-32H2,1-4H3. The molecule has 0 heterocycles. The van der Waals surface area contributed by atoms with Crippen LogP contribution in [0.2, 0.25) is 12.1 Å². The summed E-state index contributed by atoms with van der Waals surface area (Å²) in [6.45, 7) is 8.84. The third kappa shape index (κ3) is 8.49. The Bertz CT molecular complexity index is 1790. The van der Waals surface area contributed by atoms with Gasteiger partial charge in [0.1, 0.15) is 23.0 Å². The molecular formula is C44H42O3Si2. The number of hydrogen-bond donors (Lipinski definition) is 0. The van der Waals surface area contributed by atoms with Gasteiger partial charge in [0.2, 0.25) is 0 Å². The SMILES string of the molecule is Cc1c(Oc2ccccc2)cccc1C(C)(C[Si]c1ccccc1)OC(C)(C[Si]c1ccccc1)c1cccc(Oc2ccccc2)c1C. The third-order valence-electron chi connectivity index (χ3n) is 8.91. The molecule has 0 saturated carbocycles. The van der Waals surface area contributed by atoms with Crippen molar-refractivity contribution < 1.29 is 14.2 Å². The molecule has 5 heteroatoms. The van der Waals surface area contributed by atoms with E-state index < -0.39 is 11.2 Å². The summed E-state index contributed by atoms with van der Waals surface area (Å²) in [5, 5.41) is 2.63. The maximum atomic E-state index is 7.72. The van der Waals surface area contributed by atoms with Gasteiger partial charge in [-0.3, -0.25) is 0 Å². The number of rotatable bonds is 14. The molecule has 49 heavy (non-hydrogen) atoms. The zero-order valence-electron chi connectivity index (χ0n) is 28.7. The maximum absolute atomic E-state index is 7.72. The normalized spacial score (nSPS) is 13.6. The van der Waals surface area contributed by atoms with Crippen LogP contribution in [0.5, 0.6) is 23.0 Å². The van der Waals surface area contributed by atoms with Crippen molar-refractivity contribution in [2.75, 3.05) is 0 Å². The van der Waals surface area contributed by atoms with Crippen molar-refractivity contribution in [3.8, 4) is 23.0 Å². The number of hydrogen-bond acceptors (Lipinski definition) is 3. The van der Waals surface area contributed by atoms with E-state index in [-0.39, 0.29) is 0 Å². The van der Waals surface area contributed by atoms with Gasteiger partial charge in [0.25, 0.3) is 0 Å². The van der Waals surface area contributed by atoms with Crippen molar-refractivity contribution in [3.05, 3.63) is 180 Å². The van der Waals surface area contributed by atoms with Crippen LogP contribution in [0.3, 0.4) is 0 Å². The van der Waals surface area contributed by atoms with Crippen molar-refractivity contribution in [2.45, 2.75) is 51.0 Å². The highest BCUT2D eigenvalue weighted by Gasteiger charge is 2.41. The van der Waals surface area contributed by atoms with E-state index >= 15 is 0 Å². The highest BCUT2D eigenvalue weighted by atomic mass is 28.2. The first-order chi connectivity index (χ1) is 23.8. The van der Waals surface area contributed by atoms with Gasteiger partial charge in [-0.15, -0.1) is 0 Å². The number of para-hydroxylation sites is 2. The zero-order valence-corrected chi connectivity index (χ0v) is 30.7. The second-order valence-corrected chi connectivity index (χ2v) is 15.3. The van der Waals surface area contributed by atoms with Gasteiger partial charge >= 0.3 is 0 Å². The van der Waals surface area contributed by atoms with Crippen LogP contribution >= 0.6 is 0 Å². The first-order valence-electron chi connectivity index (χ1n) is 16.8. The minimum Gasteiger partial charge on any atom is -0.457 e. The molecule has 6 aromatic rings. The predicted molar refractivity (Wildman–Crippen MR) is 204 cm³/mol. The Balaban J connectivity index is 1.43. The molecule has 0 amide bonds. The van der Waals surface area contributed by atoms with Crippen LogP contribution in [0.15, 0.2) is 158 Å². The quantitative estimate of drug-likeness (QED) is 0.108. The van der Waals surface area contributed by atoms with Crippen molar-refractivity contribution in [2.24, 2.45) is 0 Å². The Morgan fingerprint density at radius 2 is 0.776 bits per heavy atom. The largest absolute Gasteiger partial charge is 0.457 e. The van der Waals surface area contributed by atoms with Crippen LogP contribution in [-0.4, -0.2) is 19.0 Å². The van der Waals surface area contributed by atoms with Crippen LogP contribution < -0.4 is 19.8 Å². The summed E-state index contributed by atoms with van der Waals surface area (Å²) in [6.07, 6.45) is 0. The van der Waals surface area contributed by atoms with Gasteiger partial charge in [0, 0.05) is 0 Å². The van der Waals surface area contributed by atoms with Gasteiger partial charge in [-0.1, -0.05) is 132 Å². The van der Waals surface area contributed by atoms with Crippen molar-refractivity contribution >= 4 is 29.4 Å². The summed E-state index contributed by atoms with van der Waals surface area (Å²) in [6, 6.07) is 55.8. The summed E-state index contributed by atoms with van der Waals surface area (Å²) in [5.74, 6) is 3.31. The molecule has 2 atom stereocenters. The highest BCUT2D eigenvalue weighted by Crippen LogP contribution is 2.45. The van der Waals surface area contributed by atoms with E-state index in [1.54, 1.807) is 0 Å². The third-order valence-corrected chi connectivity index (χ3v) is 12.1. The lowest BCUT2D eigenvalue weighted by Gasteiger charge is -2.43. The molecule has 0 aliphatic heterocycles. The van der Waals surface area contributed by atoms with Crippen LogP contribution in [0.25, 0.3) is 0 Å². The first kappa shape index (κ1) is 34.2. The van der Waals surface area contributed by atoms with E-state index in [2.05, 4.69) is 125 Å². The topological polar surface area (TPSA) is 27.7 Å². The van der Waals surface area contributed by atoms with Gasteiger partial charge in [-0.2, -0.15) is 0 Å². The fourth-order valence-electron chi connectivity index (χ4n) is 6.35. The second kappa shape index (κ2) is 15.7. The summed E-state index contributed by atoms with van der Waals surface area (Å²) in [5.41, 5.74) is 3.14. The molecule has 6 rings (SSSR count). The smallest absolute Gasteiger partial charge is 0.130 e. The molecule has 2 unspecified atom stereocenters. The predicted octanol–water partition coefficient (Wildman–Crippen LogP) is 9.93. The Morgan fingerprint density at radius 3 is 1.14 bits per heavy atom. The Morgan fingerprint density at radius 1 is 0.429 bits per heavy atom. The highest BCUT2D eigenvalue weighted by molar-refractivity contribution is 6.54. The van der Waals surface area contributed by atoms with Gasteiger partial charge < -0.3 is 14.2 Å². The maximum Gasteiger partial charge on any atom is 0.130 e. The second-order valence-electron chi connectivity index (χ2n) is 12.7. The molecule has 6 aromatic carbocycles. The summed E-state index contributed by atoms with van der Waals surface area (Å²) < 4.78 is 20.6. The van der Waals surface area contributed by atoms with Crippen molar-refractivity contribution in [1.29, 1.82) is 0 Å². The molecule has 3 nitrogen and oxygen atoms in total. The van der Waals surface area contributed by atoms with Gasteiger partial charge in [-0.25, -0.2) is 0 Å². The lowest BCUT2D eigenvalue weighted by molar-refractivity contribution is -0.132. The monoisotopic (exact) mass is 674 g/mol. The zero-order chi connectivity index (χ0) is 34.1. The summed E-state index contributed by atoms with van der Waals surface area (Å²) in [7, 11) is 1.11. The molecule has 0 spiro atoms. The van der Waals surface area contributed by atoms with Crippen LogP contribution in [0, 0.1) is 13.8 Å². The lowest BCUT2D eigenvalue weighted by Crippen LogP contribution is -2.41. The fourth-order valence-corrected chi connectivity index (χ4v) is 8.81. The molecule has 0 fully saturated rings. The first-order valence-corrected chi connectivity index (χ1v) is 19.2. The Hall–Kier alpha value is -4.69. The van der Waals surface area contributed by atoms with Gasteiger partial charge in [-0.05, 0) is 98.4 Å². The molecule has 0 aromatic heterocycles. The van der Waals surface area contributed by atoms with Crippen molar-refractivity contribution in [1.82, 2.24) is 0 Å². The molecule has 0 N–H and O–H groups in total. The fraction of sp³-hybridized carbons (Fsp3) is 0.182. The Kier molecular flexibility index (Phi) is 10.9. The minimum atomic E-state index is -0.646. The number of benzene rings is 6. The van der Waals surface area contributed by atoms with E-state index in [1.165, 1.54) is 10.4 Å². The van der Waals surface area contributed by atoms with Crippen molar-refractivity contribution in [3.63, 3.8) is 0 Å². The molecule has 244 valence electrons. The van der Waals surface area contributed by atoms with Crippen LogP contribution in [0.4, 0.5) is 0 Å². The molecule has 0 aliphatic rings. The van der Waals surface area contributed by atoms with E-state index in [4.69, 9.17) is 14.2 Å². The molecule has 0 bridgehead atoms. The van der Waals surface area contributed by atoms with Crippen LogP contribution in [-0.2, 0) is 15.9 Å². The van der Waals surface area contributed by atoms with E-state index in [0.717, 1.165) is 57.3 Å². The number of ether oxygens (including phenoxy) is 3. The van der Waals surface area contributed by atoms with Gasteiger partial charge in [0.05, 0.1) is 30.2 Å². The Labute approximate surface area is 296 Å².